The van der Waals surface area contributed by atoms with Gasteiger partial charge in [0.2, 0.25) is 0 Å². The predicted molar refractivity (Wildman–Crippen MR) is 102 cm³/mol. The van der Waals surface area contributed by atoms with Crippen molar-refractivity contribution in [1.29, 1.82) is 0 Å². The number of pyridine rings is 1. The first-order valence-corrected chi connectivity index (χ1v) is 8.49. The zero-order chi connectivity index (χ0) is 18.0. The summed E-state index contributed by atoms with van der Waals surface area (Å²) in [6.45, 7) is 4.38. The second-order valence-corrected chi connectivity index (χ2v) is 6.63. The maximum atomic E-state index is 12.4. The number of benzene rings is 2. The molecule has 1 amide bonds. The van der Waals surface area contributed by atoms with Gasteiger partial charge in [-0.05, 0) is 61.0 Å². The summed E-state index contributed by atoms with van der Waals surface area (Å²) >= 11 is 5.86. The maximum absolute atomic E-state index is 12.4. The van der Waals surface area contributed by atoms with Gasteiger partial charge in [0, 0.05) is 11.6 Å². The predicted octanol–water partition coefficient (Wildman–Crippen LogP) is 3.77. The molecule has 0 fully saturated rings. The van der Waals surface area contributed by atoms with E-state index in [2.05, 4.69) is 10.3 Å². The van der Waals surface area contributed by atoms with Gasteiger partial charge in [0.15, 0.2) is 0 Å². The van der Waals surface area contributed by atoms with Gasteiger partial charge in [0.05, 0.1) is 5.52 Å². The molecule has 1 heterocycles. The molecule has 0 saturated heterocycles. The molecule has 2 N–H and O–H groups in total. The SMILES string of the molecule is Cc1cc(C)c2[nH]c(=O)c(C(=O)NCCc3ccc(Cl)cc3)cc2c1. The third-order valence-electron chi connectivity index (χ3n) is 4.15. The minimum atomic E-state index is -0.372. The number of aryl methyl sites for hydroxylation is 2. The van der Waals surface area contributed by atoms with Crippen LogP contribution in [0.25, 0.3) is 10.9 Å². The van der Waals surface area contributed by atoms with Gasteiger partial charge < -0.3 is 10.3 Å². The van der Waals surface area contributed by atoms with Crippen molar-refractivity contribution in [2.24, 2.45) is 0 Å². The molecule has 3 rings (SSSR count). The average Bonchev–Trinajstić information content (AvgIpc) is 2.57. The Balaban J connectivity index is 1.76. The molecule has 1 aromatic heterocycles. The Morgan fingerprint density at radius 1 is 1.12 bits per heavy atom. The smallest absolute Gasteiger partial charge is 0.261 e. The molecule has 0 aliphatic rings. The van der Waals surface area contributed by atoms with Gasteiger partial charge in [-0.2, -0.15) is 0 Å². The summed E-state index contributed by atoms with van der Waals surface area (Å²) in [6, 6.07) is 13.1. The van der Waals surface area contributed by atoms with E-state index in [0.29, 0.717) is 18.0 Å². The highest BCUT2D eigenvalue weighted by molar-refractivity contribution is 6.30. The van der Waals surface area contributed by atoms with Crippen molar-refractivity contribution in [2.75, 3.05) is 6.54 Å². The van der Waals surface area contributed by atoms with Crippen LogP contribution in [-0.4, -0.2) is 17.4 Å². The third kappa shape index (κ3) is 3.91. The maximum Gasteiger partial charge on any atom is 0.261 e. The second-order valence-electron chi connectivity index (χ2n) is 6.19. The Hall–Kier alpha value is -2.59. The normalized spacial score (nSPS) is 10.8. The monoisotopic (exact) mass is 354 g/mol. The standard InChI is InChI=1S/C20H19ClN2O2/c1-12-9-13(2)18-15(10-12)11-17(20(25)23-18)19(24)22-8-7-14-3-5-16(21)6-4-14/h3-6,9-11H,7-8H2,1-2H3,(H,22,24)(H,23,25). The number of hydrogen-bond donors (Lipinski definition) is 2. The van der Waals surface area contributed by atoms with Crippen molar-refractivity contribution < 1.29 is 4.79 Å². The van der Waals surface area contributed by atoms with E-state index in [0.717, 1.165) is 27.6 Å². The lowest BCUT2D eigenvalue weighted by atomic mass is 10.1. The molecule has 0 spiro atoms. The van der Waals surface area contributed by atoms with Crippen LogP contribution in [0.5, 0.6) is 0 Å². The largest absolute Gasteiger partial charge is 0.352 e. The molecule has 0 atom stereocenters. The molecule has 4 nitrogen and oxygen atoms in total. The number of amides is 1. The molecule has 0 saturated carbocycles. The van der Waals surface area contributed by atoms with Crippen LogP contribution in [0.15, 0.2) is 47.3 Å². The molecule has 0 aliphatic carbocycles. The van der Waals surface area contributed by atoms with Crippen molar-refractivity contribution in [3.63, 3.8) is 0 Å². The Morgan fingerprint density at radius 3 is 2.56 bits per heavy atom. The molecule has 3 aromatic rings. The van der Waals surface area contributed by atoms with E-state index >= 15 is 0 Å². The molecule has 0 radical (unpaired) electrons. The lowest BCUT2D eigenvalue weighted by Crippen LogP contribution is -2.31. The lowest BCUT2D eigenvalue weighted by Gasteiger charge is -2.08. The van der Waals surface area contributed by atoms with Gasteiger partial charge in [0.1, 0.15) is 5.56 Å². The highest BCUT2D eigenvalue weighted by Gasteiger charge is 2.12. The van der Waals surface area contributed by atoms with E-state index in [1.807, 2.05) is 50.2 Å². The zero-order valence-corrected chi connectivity index (χ0v) is 14.9. The van der Waals surface area contributed by atoms with Crippen LogP contribution in [0, 0.1) is 13.8 Å². The van der Waals surface area contributed by atoms with Crippen LogP contribution < -0.4 is 10.9 Å². The van der Waals surface area contributed by atoms with Crippen LogP contribution >= 0.6 is 11.6 Å². The number of halogens is 1. The Bertz CT molecular complexity index is 991. The number of carbonyl (C=O) groups excluding carboxylic acids is 1. The Kier molecular flexibility index (Phi) is 4.91. The van der Waals surface area contributed by atoms with Crippen LogP contribution in [0.2, 0.25) is 5.02 Å². The molecular formula is C20H19ClN2O2. The van der Waals surface area contributed by atoms with Gasteiger partial charge in [-0.25, -0.2) is 0 Å². The summed E-state index contributed by atoms with van der Waals surface area (Å²) in [7, 11) is 0. The first kappa shape index (κ1) is 17.2. The Labute approximate surface area is 150 Å². The summed E-state index contributed by atoms with van der Waals surface area (Å²) in [5, 5.41) is 4.35. The fourth-order valence-electron chi connectivity index (χ4n) is 2.92. The molecule has 5 heteroatoms. The quantitative estimate of drug-likeness (QED) is 0.749. The highest BCUT2D eigenvalue weighted by atomic mass is 35.5. The van der Waals surface area contributed by atoms with Crippen molar-refractivity contribution in [3.05, 3.63) is 80.1 Å². The summed E-state index contributed by atoms with van der Waals surface area (Å²) in [6.07, 6.45) is 0.673. The van der Waals surface area contributed by atoms with Gasteiger partial charge in [0.25, 0.3) is 11.5 Å². The summed E-state index contributed by atoms with van der Waals surface area (Å²) in [5.74, 6) is -0.365. The fraction of sp³-hybridized carbons (Fsp3) is 0.200. The van der Waals surface area contributed by atoms with E-state index < -0.39 is 0 Å². The van der Waals surface area contributed by atoms with E-state index in [-0.39, 0.29) is 17.0 Å². The number of rotatable bonds is 4. The molecule has 0 aliphatic heterocycles. The van der Waals surface area contributed by atoms with E-state index in [9.17, 15) is 9.59 Å². The Morgan fingerprint density at radius 2 is 1.84 bits per heavy atom. The summed E-state index contributed by atoms with van der Waals surface area (Å²) in [4.78, 5) is 27.4. The fourth-order valence-corrected chi connectivity index (χ4v) is 3.05. The van der Waals surface area contributed by atoms with Crippen molar-refractivity contribution >= 4 is 28.4 Å². The number of fused-ring (bicyclic) bond motifs is 1. The van der Waals surface area contributed by atoms with Gasteiger partial charge in [-0.3, -0.25) is 9.59 Å². The molecule has 25 heavy (non-hydrogen) atoms. The summed E-state index contributed by atoms with van der Waals surface area (Å²) in [5.41, 5.74) is 3.68. The molecule has 0 unspecified atom stereocenters. The van der Waals surface area contributed by atoms with Gasteiger partial charge in [-0.1, -0.05) is 35.4 Å². The number of H-pyrrole nitrogens is 1. The van der Waals surface area contributed by atoms with Crippen LogP contribution in [0.3, 0.4) is 0 Å². The van der Waals surface area contributed by atoms with E-state index in [4.69, 9.17) is 11.6 Å². The minimum absolute atomic E-state index is 0.133. The van der Waals surface area contributed by atoms with Crippen molar-refractivity contribution in [2.45, 2.75) is 20.3 Å². The van der Waals surface area contributed by atoms with Gasteiger partial charge in [-0.15, -0.1) is 0 Å². The number of carbonyl (C=O) groups is 1. The first-order valence-electron chi connectivity index (χ1n) is 8.11. The van der Waals surface area contributed by atoms with Crippen molar-refractivity contribution in [1.82, 2.24) is 10.3 Å². The van der Waals surface area contributed by atoms with Crippen LogP contribution in [0.1, 0.15) is 27.0 Å². The van der Waals surface area contributed by atoms with Crippen LogP contribution in [-0.2, 0) is 6.42 Å². The molecule has 128 valence electrons. The zero-order valence-electron chi connectivity index (χ0n) is 14.2. The van der Waals surface area contributed by atoms with Crippen LogP contribution in [0.4, 0.5) is 0 Å². The number of aromatic amines is 1. The summed E-state index contributed by atoms with van der Waals surface area (Å²) < 4.78 is 0. The minimum Gasteiger partial charge on any atom is -0.352 e. The number of nitrogens with one attached hydrogen (secondary N) is 2. The number of hydrogen-bond acceptors (Lipinski definition) is 2. The van der Waals surface area contributed by atoms with Gasteiger partial charge >= 0.3 is 0 Å². The molecule has 0 bridgehead atoms. The number of aromatic nitrogens is 1. The second kappa shape index (κ2) is 7.11. The average molecular weight is 355 g/mol. The first-order chi connectivity index (χ1) is 11.9. The lowest BCUT2D eigenvalue weighted by molar-refractivity contribution is 0.0953. The van der Waals surface area contributed by atoms with E-state index in [1.165, 1.54) is 0 Å². The topological polar surface area (TPSA) is 62.0 Å². The molecule has 2 aromatic carbocycles. The highest BCUT2D eigenvalue weighted by Crippen LogP contribution is 2.18. The van der Waals surface area contributed by atoms with E-state index in [1.54, 1.807) is 6.07 Å². The van der Waals surface area contributed by atoms with Crippen molar-refractivity contribution in [3.8, 4) is 0 Å². The third-order valence-corrected chi connectivity index (χ3v) is 4.40. The molecular weight excluding hydrogens is 336 g/mol.